The Kier molecular flexibility index (Phi) is 4.32. The molecule has 0 atom stereocenters. The molecule has 6 heteroatoms. The Labute approximate surface area is 155 Å². The highest BCUT2D eigenvalue weighted by molar-refractivity contribution is 6.01. The lowest BCUT2D eigenvalue weighted by Crippen LogP contribution is -2.26. The highest BCUT2D eigenvalue weighted by Gasteiger charge is 2.29. The van der Waals surface area contributed by atoms with Gasteiger partial charge in [-0.3, -0.25) is 9.78 Å². The van der Waals surface area contributed by atoms with E-state index in [1.807, 2.05) is 6.07 Å². The maximum Gasteiger partial charge on any atom is 0.233 e. The van der Waals surface area contributed by atoms with Crippen molar-refractivity contribution < 1.29 is 18.3 Å². The third kappa shape index (κ3) is 3.26. The molecule has 136 valence electrons. The lowest BCUT2D eigenvalue weighted by Gasteiger charge is -2.18. The molecule has 4 nitrogen and oxygen atoms in total. The van der Waals surface area contributed by atoms with Crippen molar-refractivity contribution in [3.05, 3.63) is 77.6 Å². The van der Waals surface area contributed by atoms with Gasteiger partial charge in [-0.25, -0.2) is 8.78 Å². The minimum Gasteiger partial charge on any atom is -0.496 e. The standard InChI is InChI=1S/C21H16F2N2O2/c1-27-20-9-16(23)5-6-17(20)14-8-19-18(24-11-14)10-21(26)25(19)12-13-3-2-4-15(22)7-13/h2-9,11H,10,12H2,1H3. The third-order valence-electron chi connectivity index (χ3n) is 4.56. The number of benzene rings is 2. The second-order valence-corrected chi connectivity index (χ2v) is 6.32. The van der Waals surface area contributed by atoms with E-state index in [-0.39, 0.29) is 24.7 Å². The predicted molar refractivity (Wildman–Crippen MR) is 97.5 cm³/mol. The number of carbonyl (C=O) groups excluding carboxylic acids is 1. The minimum absolute atomic E-state index is 0.0926. The molecule has 1 aromatic heterocycles. The molecule has 3 aromatic rings. The molecule has 0 bridgehead atoms. The number of hydrogen-bond acceptors (Lipinski definition) is 3. The number of aromatic nitrogens is 1. The Morgan fingerprint density at radius 3 is 2.70 bits per heavy atom. The number of methoxy groups -OCH3 is 1. The normalized spacial score (nSPS) is 13.0. The minimum atomic E-state index is -0.396. The summed E-state index contributed by atoms with van der Waals surface area (Å²) < 4.78 is 32.2. The maximum atomic E-state index is 13.5. The Hall–Kier alpha value is -3.28. The number of carbonyl (C=O) groups is 1. The van der Waals surface area contributed by atoms with Crippen LogP contribution in [0, 0.1) is 11.6 Å². The highest BCUT2D eigenvalue weighted by Crippen LogP contribution is 2.36. The first kappa shape index (κ1) is 17.1. The van der Waals surface area contributed by atoms with E-state index in [2.05, 4.69) is 4.98 Å². The molecule has 0 saturated heterocycles. The van der Waals surface area contributed by atoms with Gasteiger partial charge in [0.05, 0.1) is 31.5 Å². The van der Waals surface area contributed by atoms with Crippen LogP contribution in [0.25, 0.3) is 11.1 Å². The molecule has 0 saturated carbocycles. The molecule has 1 aliphatic rings. The molecule has 0 radical (unpaired) electrons. The van der Waals surface area contributed by atoms with Crippen LogP contribution >= 0.6 is 0 Å². The van der Waals surface area contributed by atoms with E-state index in [9.17, 15) is 13.6 Å². The van der Waals surface area contributed by atoms with Crippen molar-refractivity contribution >= 4 is 11.6 Å². The lowest BCUT2D eigenvalue weighted by atomic mass is 10.1. The predicted octanol–water partition coefficient (Wildman–Crippen LogP) is 4.12. The van der Waals surface area contributed by atoms with E-state index in [1.165, 1.54) is 31.4 Å². The van der Waals surface area contributed by atoms with Gasteiger partial charge in [-0.1, -0.05) is 12.1 Å². The number of rotatable bonds is 4. The second-order valence-electron chi connectivity index (χ2n) is 6.32. The molecule has 0 spiro atoms. The quantitative estimate of drug-likeness (QED) is 0.697. The molecule has 1 amide bonds. The van der Waals surface area contributed by atoms with Crippen LogP contribution in [-0.2, 0) is 17.8 Å². The molecule has 2 heterocycles. The molecule has 1 aliphatic heterocycles. The summed E-state index contributed by atoms with van der Waals surface area (Å²) >= 11 is 0. The van der Waals surface area contributed by atoms with Crippen LogP contribution in [-0.4, -0.2) is 18.0 Å². The van der Waals surface area contributed by atoms with Crippen LogP contribution < -0.4 is 9.64 Å². The van der Waals surface area contributed by atoms with Gasteiger partial charge in [0.2, 0.25) is 5.91 Å². The van der Waals surface area contributed by atoms with Gasteiger partial charge >= 0.3 is 0 Å². The number of halogens is 2. The average Bonchev–Trinajstić information content (AvgIpc) is 2.96. The smallest absolute Gasteiger partial charge is 0.233 e. The van der Waals surface area contributed by atoms with Gasteiger partial charge in [0.25, 0.3) is 0 Å². The monoisotopic (exact) mass is 366 g/mol. The first-order chi connectivity index (χ1) is 13.0. The van der Waals surface area contributed by atoms with Gasteiger partial charge in [0.1, 0.15) is 17.4 Å². The summed E-state index contributed by atoms with van der Waals surface area (Å²) in [7, 11) is 1.47. The summed E-state index contributed by atoms with van der Waals surface area (Å²) in [5.74, 6) is -0.447. The lowest BCUT2D eigenvalue weighted by molar-refractivity contribution is -0.117. The molecule has 0 fully saturated rings. The Bertz CT molecular complexity index is 1040. The van der Waals surface area contributed by atoms with Gasteiger partial charge in [-0.15, -0.1) is 0 Å². The van der Waals surface area contributed by atoms with Crippen LogP contribution in [0.1, 0.15) is 11.3 Å². The fourth-order valence-electron chi connectivity index (χ4n) is 3.27. The van der Waals surface area contributed by atoms with Crippen molar-refractivity contribution in [3.8, 4) is 16.9 Å². The number of anilines is 1. The summed E-state index contributed by atoms with van der Waals surface area (Å²) in [4.78, 5) is 18.5. The Balaban J connectivity index is 1.73. The van der Waals surface area contributed by atoms with Crippen LogP contribution in [0.15, 0.2) is 54.7 Å². The fourth-order valence-corrected chi connectivity index (χ4v) is 3.27. The summed E-state index contributed by atoms with van der Waals surface area (Å²) in [6.45, 7) is 0.259. The molecule has 0 N–H and O–H groups in total. The van der Waals surface area contributed by atoms with E-state index in [0.717, 1.165) is 0 Å². The average molecular weight is 366 g/mol. The summed E-state index contributed by atoms with van der Waals surface area (Å²) in [5.41, 5.74) is 3.43. The van der Waals surface area contributed by atoms with Crippen molar-refractivity contribution in [3.63, 3.8) is 0 Å². The van der Waals surface area contributed by atoms with Crippen LogP contribution in [0.3, 0.4) is 0 Å². The summed E-state index contributed by atoms with van der Waals surface area (Å²) in [6, 6.07) is 12.3. The van der Waals surface area contributed by atoms with Crippen LogP contribution in [0.4, 0.5) is 14.5 Å². The summed E-state index contributed by atoms with van der Waals surface area (Å²) in [5, 5.41) is 0. The van der Waals surface area contributed by atoms with Crippen LogP contribution in [0.2, 0.25) is 0 Å². The second kappa shape index (κ2) is 6.79. The van der Waals surface area contributed by atoms with Crippen LogP contribution in [0.5, 0.6) is 5.75 Å². The molecule has 4 rings (SSSR count). The first-order valence-electron chi connectivity index (χ1n) is 8.43. The number of fused-ring (bicyclic) bond motifs is 1. The largest absolute Gasteiger partial charge is 0.496 e. The number of ether oxygens (including phenoxy) is 1. The van der Waals surface area contributed by atoms with Gasteiger partial charge in [0, 0.05) is 23.4 Å². The molecular formula is C21H16F2N2O2. The van der Waals surface area contributed by atoms with E-state index in [4.69, 9.17) is 4.74 Å². The zero-order valence-electron chi connectivity index (χ0n) is 14.6. The van der Waals surface area contributed by atoms with Crippen molar-refractivity contribution in [2.45, 2.75) is 13.0 Å². The van der Waals surface area contributed by atoms with Gasteiger partial charge in [0.15, 0.2) is 0 Å². The number of pyridine rings is 1. The Morgan fingerprint density at radius 1 is 1.11 bits per heavy atom. The van der Waals surface area contributed by atoms with Gasteiger partial charge in [-0.05, 0) is 35.9 Å². The Morgan fingerprint density at radius 2 is 1.93 bits per heavy atom. The third-order valence-corrected chi connectivity index (χ3v) is 4.56. The van der Waals surface area contributed by atoms with Gasteiger partial charge in [-0.2, -0.15) is 0 Å². The molecule has 27 heavy (non-hydrogen) atoms. The fraction of sp³-hybridized carbons (Fsp3) is 0.143. The van der Waals surface area contributed by atoms with Crippen molar-refractivity contribution in [2.24, 2.45) is 0 Å². The summed E-state index contributed by atoms with van der Waals surface area (Å²) in [6.07, 6.45) is 1.85. The van der Waals surface area contributed by atoms with Crippen molar-refractivity contribution in [1.29, 1.82) is 0 Å². The van der Waals surface area contributed by atoms with E-state index in [0.29, 0.717) is 33.8 Å². The number of amides is 1. The SMILES string of the molecule is COc1cc(F)ccc1-c1cnc2c(c1)N(Cc1cccc(F)c1)C(=O)C2. The molecule has 0 aliphatic carbocycles. The van der Waals surface area contributed by atoms with Gasteiger partial charge < -0.3 is 9.64 Å². The molecule has 2 aromatic carbocycles. The van der Waals surface area contributed by atoms with Crippen molar-refractivity contribution in [1.82, 2.24) is 4.98 Å². The first-order valence-corrected chi connectivity index (χ1v) is 8.43. The number of hydrogen-bond donors (Lipinski definition) is 0. The molecular weight excluding hydrogens is 350 g/mol. The molecule has 0 unspecified atom stereocenters. The number of nitrogens with zero attached hydrogens (tertiary/aromatic N) is 2. The van der Waals surface area contributed by atoms with E-state index >= 15 is 0 Å². The van der Waals surface area contributed by atoms with E-state index < -0.39 is 5.82 Å². The maximum absolute atomic E-state index is 13.5. The topological polar surface area (TPSA) is 42.4 Å². The van der Waals surface area contributed by atoms with Crippen molar-refractivity contribution in [2.75, 3.05) is 12.0 Å². The zero-order chi connectivity index (χ0) is 19.0. The van der Waals surface area contributed by atoms with E-state index in [1.54, 1.807) is 29.3 Å². The highest BCUT2D eigenvalue weighted by atomic mass is 19.1. The zero-order valence-corrected chi connectivity index (χ0v) is 14.6.